The summed E-state index contributed by atoms with van der Waals surface area (Å²) in [5.41, 5.74) is 0.196. The highest BCUT2D eigenvalue weighted by atomic mass is 35.5. The summed E-state index contributed by atoms with van der Waals surface area (Å²) >= 11 is 5.73. The Labute approximate surface area is 126 Å². The average Bonchev–Trinajstić information content (AvgIpc) is 2.37. The number of halogens is 2. The molecule has 1 N–H and O–H groups in total. The zero-order valence-corrected chi connectivity index (χ0v) is 12.3. The van der Waals surface area contributed by atoms with Gasteiger partial charge in [0, 0.05) is 10.7 Å². The highest BCUT2D eigenvalue weighted by Gasteiger charge is 2.19. The molecule has 0 fully saturated rings. The number of hydrogen-bond donors (Lipinski definition) is 1. The predicted octanol–water partition coefficient (Wildman–Crippen LogP) is 2.89. The van der Waals surface area contributed by atoms with Crippen LogP contribution in [0.1, 0.15) is 0 Å². The number of carbonyl (C=O) groups excluding carboxylic acids is 1. The maximum absolute atomic E-state index is 13.0. The van der Waals surface area contributed by atoms with Crippen LogP contribution >= 0.6 is 11.6 Å². The third-order valence-corrected chi connectivity index (χ3v) is 4.43. The molecule has 1 amide bonds. The van der Waals surface area contributed by atoms with E-state index in [1.807, 2.05) is 0 Å². The maximum Gasteiger partial charge on any atom is 0.239 e. The second-order valence-electron chi connectivity index (χ2n) is 4.27. The van der Waals surface area contributed by atoms with E-state index in [4.69, 9.17) is 11.6 Å². The lowest BCUT2D eigenvalue weighted by atomic mass is 10.3. The summed E-state index contributed by atoms with van der Waals surface area (Å²) in [6.45, 7) is 0. The van der Waals surface area contributed by atoms with E-state index >= 15 is 0 Å². The van der Waals surface area contributed by atoms with E-state index in [9.17, 15) is 17.6 Å². The number of hydrogen-bond acceptors (Lipinski definition) is 3. The quantitative estimate of drug-likeness (QED) is 0.939. The molecule has 4 nitrogen and oxygen atoms in total. The molecule has 0 aromatic heterocycles. The normalized spacial score (nSPS) is 11.1. The lowest BCUT2D eigenvalue weighted by Crippen LogP contribution is -2.23. The molecule has 0 bridgehead atoms. The van der Waals surface area contributed by atoms with Crippen LogP contribution < -0.4 is 5.32 Å². The van der Waals surface area contributed by atoms with Crippen LogP contribution in [0.4, 0.5) is 10.1 Å². The van der Waals surface area contributed by atoms with Crippen molar-refractivity contribution in [1.82, 2.24) is 0 Å². The van der Waals surface area contributed by atoms with Gasteiger partial charge in [0.05, 0.1) is 4.90 Å². The van der Waals surface area contributed by atoms with Crippen LogP contribution in [0, 0.1) is 5.82 Å². The molecule has 110 valence electrons. The van der Waals surface area contributed by atoms with Crippen molar-refractivity contribution in [2.24, 2.45) is 0 Å². The van der Waals surface area contributed by atoms with Crippen LogP contribution in [0.15, 0.2) is 53.4 Å². The van der Waals surface area contributed by atoms with E-state index in [0.717, 1.165) is 6.07 Å². The summed E-state index contributed by atoms with van der Waals surface area (Å²) < 4.78 is 37.1. The number of rotatable bonds is 4. The fraction of sp³-hybridized carbons (Fsp3) is 0.0714. The number of carbonyl (C=O) groups is 1. The topological polar surface area (TPSA) is 63.2 Å². The predicted molar refractivity (Wildman–Crippen MR) is 78.5 cm³/mol. The van der Waals surface area contributed by atoms with Crippen molar-refractivity contribution in [1.29, 1.82) is 0 Å². The zero-order chi connectivity index (χ0) is 15.5. The van der Waals surface area contributed by atoms with Crippen LogP contribution in [-0.2, 0) is 14.6 Å². The maximum atomic E-state index is 13.0. The number of nitrogens with one attached hydrogen (secondary N) is 1. The first-order valence-electron chi connectivity index (χ1n) is 5.90. The molecule has 0 aliphatic carbocycles. The van der Waals surface area contributed by atoms with E-state index in [1.54, 1.807) is 0 Å². The van der Waals surface area contributed by atoms with Gasteiger partial charge in [0.25, 0.3) is 0 Å². The van der Waals surface area contributed by atoms with E-state index in [-0.39, 0.29) is 15.6 Å². The molecule has 0 radical (unpaired) electrons. The van der Waals surface area contributed by atoms with Crippen molar-refractivity contribution >= 4 is 33.0 Å². The Kier molecular flexibility index (Phi) is 4.59. The Bertz CT molecular complexity index is 777. The smallest absolute Gasteiger partial charge is 0.239 e. The van der Waals surface area contributed by atoms with Crippen LogP contribution in [0.3, 0.4) is 0 Å². The molecule has 0 unspecified atom stereocenters. The average molecular weight is 328 g/mol. The van der Waals surface area contributed by atoms with Gasteiger partial charge in [-0.2, -0.15) is 0 Å². The Morgan fingerprint density at radius 2 is 1.86 bits per heavy atom. The van der Waals surface area contributed by atoms with Crippen LogP contribution in [0.25, 0.3) is 0 Å². The molecule has 21 heavy (non-hydrogen) atoms. The van der Waals surface area contributed by atoms with Crippen molar-refractivity contribution in [3.05, 3.63) is 59.4 Å². The first-order chi connectivity index (χ1) is 9.87. The third-order valence-electron chi connectivity index (χ3n) is 2.58. The summed E-state index contributed by atoms with van der Waals surface area (Å²) in [6, 6.07) is 10.8. The lowest BCUT2D eigenvalue weighted by molar-refractivity contribution is -0.113. The first-order valence-corrected chi connectivity index (χ1v) is 7.93. The Hall–Kier alpha value is -1.92. The SMILES string of the molecule is O=C(CS(=O)(=O)c1cccc(Cl)c1)Nc1cccc(F)c1. The monoisotopic (exact) mass is 327 g/mol. The van der Waals surface area contributed by atoms with E-state index in [1.165, 1.54) is 42.5 Å². The summed E-state index contributed by atoms with van der Waals surface area (Å²) in [5.74, 6) is -2.02. The Morgan fingerprint density at radius 1 is 1.14 bits per heavy atom. The largest absolute Gasteiger partial charge is 0.325 e. The molecule has 2 aromatic rings. The van der Waals surface area contributed by atoms with E-state index in [2.05, 4.69) is 5.32 Å². The number of anilines is 1. The molecule has 7 heteroatoms. The summed E-state index contributed by atoms with van der Waals surface area (Å²) in [5, 5.41) is 2.60. The minimum absolute atomic E-state index is 0.0376. The van der Waals surface area contributed by atoms with Gasteiger partial charge < -0.3 is 5.32 Å². The highest BCUT2D eigenvalue weighted by molar-refractivity contribution is 7.92. The summed E-state index contributed by atoms with van der Waals surface area (Å²) in [7, 11) is -3.80. The molecule has 2 aromatic carbocycles. The van der Waals surface area contributed by atoms with Gasteiger partial charge in [-0.15, -0.1) is 0 Å². The second-order valence-corrected chi connectivity index (χ2v) is 6.70. The van der Waals surface area contributed by atoms with Gasteiger partial charge in [-0.1, -0.05) is 23.7 Å². The minimum atomic E-state index is -3.80. The van der Waals surface area contributed by atoms with Gasteiger partial charge in [-0.3, -0.25) is 4.79 Å². The summed E-state index contributed by atoms with van der Waals surface area (Å²) in [4.78, 5) is 11.7. The van der Waals surface area contributed by atoms with Gasteiger partial charge in [0.1, 0.15) is 11.6 Å². The van der Waals surface area contributed by atoms with Crippen molar-refractivity contribution in [2.75, 3.05) is 11.1 Å². The second kappa shape index (κ2) is 6.24. The van der Waals surface area contributed by atoms with Crippen LogP contribution in [-0.4, -0.2) is 20.1 Å². The Balaban J connectivity index is 2.12. The minimum Gasteiger partial charge on any atom is -0.325 e. The van der Waals surface area contributed by atoms with Gasteiger partial charge in [-0.25, -0.2) is 12.8 Å². The highest BCUT2D eigenvalue weighted by Crippen LogP contribution is 2.17. The van der Waals surface area contributed by atoms with Crippen molar-refractivity contribution < 1.29 is 17.6 Å². The fourth-order valence-corrected chi connectivity index (χ4v) is 3.11. The van der Waals surface area contributed by atoms with Crippen LogP contribution in [0.2, 0.25) is 5.02 Å². The van der Waals surface area contributed by atoms with Gasteiger partial charge in [0.2, 0.25) is 5.91 Å². The number of sulfone groups is 1. The summed E-state index contributed by atoms with van der Waals surface area (Å²) in [6.07, 6.45) is 0. The number of benzene rings is 2. The molecular weight excluding hydrogens is 317 g/mol. The molecule has 2 rings (SSSR count). The lowest BCUT2D eigenvalue weighted by Gasteiger charge is -2.07. The van der Waals surface area contributed by atoms with Gasteiger partial charge in [0.15, 0.2) is 9.84 Å². The molecule has 0 atom stereocenters. The first kappa shape index (κ1) is 15.5. The molecule has 0 saturated carbocycles. The standard InChI is InChI=1S/C14H11ClFNO3S/c15-10-3-1-6-13(7-10)21(19,20)9-14(18)17-12-5-2-4-11(16)8-12/h1-8H,9H2,(H,17,18). The molecule has 0 aliphatic heterocycles. The van der Waals surface area contributed by atoms with E-state index < -0.39 is 27.3 Å². The van der Waals surface area contributed by atoms with Crippen molar-refractivity contribution in [3.8, 4) is 0 Å². The fourth-order valence-electron chi connectivity index (χ4n) is 1.68. The third kappa shape index (κ3) is 4.27. The van der Waals surface area contributed by atoms with Gasteiger partial charge in [-0.05, 0) is 36.4 Å². The molecule has 0 heterocycles. The Morgan fingerprint density at radius 3 is 2.52 bits per heavy atom. The zero-order valence-electron chi connectivity index (χ0n) is 10.7. The molecule has 0 saturated heterocycles. The van der Waals surface area contributed by atoms with Crippen molar-refractivity contribution in [3.63, 3.8) is 0 Å². The molecular formula is C14H11ClFNO3S. The molecule has 0 aliphatic rings. The van der Waals surface area contributed by atoms with Gasteiger partial charge >= 0.3 is 0 Å². The van der Waals surface area contributed by atoms with Crippen LogP contribution in [0.5, 0.6) is 0 Å². The van der Waals surface area contributed by atoms with Crippen molar-refractivity contribution in [2.45, 2.75) is 4.90 Å². The molecule has 0 spiro atoms. The number of amides is 1. The van der Waals surface area contributed by atoms with E-state index in [0.29, 0.717) is 0 Å².